The van der Waals surface area contributed by atoms with Crippen molar-refractivity contribution in [1.82, 2.24) is 0 Å². The summed E-state index contributed by atoms with van der Waals surface area (Å²) in [6, 6.07) is 0. The van der Waals surface area contributed by atoms with E-state index in [1.807, 2.05) is 0 Å². The van der Waals surface area contributed by atoms with Crippen LogP contribution in [0.25, 0.3) is 0 Å². The zero-order valence-corrected chi connectivity index (χ0v) is 5.48. The molecule has 0 fully saturated rings. The normalized spacial score (nSPS) is 14.5. The average Bonchev–Trinajstić information content (AvgIpc) is 1.44. The van der Waals surface area contributed by atoms with Crippen LogP contribution in [0.2, 0.25) is 0 Å². The van der Waals surface area contributed by atoms with Gasteiger partial charge in [-0.15, -0.1) is 0 Å². The van der Waals surface area contributed by atoms with E-state index in [-0.39, 0.29) is 0 Å². The fourth-order valence-corrected chi connectivity index (χ4v) is 0.557. The molecule has 0 aromatic rings. The summed E-state index contributed by atoms with van der Waals surface area (Å²) in [7, 11) is 0. The van der Waals surface area contributed by atoms with Crippen molar-refractivity contribution in [2.75, 3.05) is 0 Å². The Morgan fingerprint density at radius 2 is 0.615 bits per heavy atom. The average molecular weight is 218 g/mol. The van der Waals surface area contributed by atoms with Crippen LogP contribution in [0.5, 0.6) is 0 Å². The first-order valence-corrected chi connectivity index (χ1v) is 2.57. The molecule has 0 saturated carbocycles. The highest BCUT2D eigenvalue weighted by atomic mass is 19.4. The van der Waals surface area contributed by atoms with E-state index < -0.39 is 24.9 Å². The van der Waals surface area contributed by atoms with Gasteiger partial charge in [0.1, 0.15) is 0 Å². The van der Waals surface area contributed by atoms with Crippen molar-refractivity contribution in [2.24, 2.45) is 0 Å². The first-order valence-electron chi connectivity index (χ1n) is 2.57. The summed E-state index contributed by atoms with van der Waals surface area (Å²) in [6.45, 7) is -5.27. The highest BCUT2D eigenvalue weighted by Crippen LogP contribution is 2.40. The van der Waals surface area contributed by atoms with E-state index in [0.29, 0.717) is 0 Å². The van der Waals surface area contributed by atoms with Gasteiger partial charge in [0.05, 0.1) is 0 Å². The van der Waals surface area contributed by atoms with Crippen LogP contribution in [0.4, 0.5) is 39.5 Å². The number of alkyl halides is 9. The third-order valence-corrected chi connectivity index (χ3v) is 0.982. The van der Waals surface area contributed by atoms with Crippen LogP contribution >= 0.6 is 0 Å². The highest BCUT2D eigenvalue weighted by molar-refractivity contribution is 6.65. The minimum Gasteiger partial charge on any atom is -0.181 e. The predicted octanol–water partition coefficient (Wildman–Crippen LogP) is 2.79. The second-order valence-corrected chi connectivity index (χ2v) is 2.06. The molecule has 0 aromatic heterocycles. The van der Waals surface area contributed by atoms with Crippen molar-refractivity contribution in [3.8, 4) is 0 Å². The first kappa shape index (κ1) is 12.4. The number of rotatable bonds is 0. The molecule has 0 nitrogen and oxygen atoms in total. The lowest BCUT2D eigenvalue weighted by Crippen LogP contribution is -2.57. The van der Waals surface area contributed by atoms with Gasteiger partial charge < -0.3 is 0 Å². The SMILES string of the molecule is FC(F)(F)B(C(F)(F)F)C(F)(F)F. The molecule has 0 rings (SSSR count). The molecule has 0 spiro atoms. The fraction of sp³-hybridized carbons (Fsp3) is 1.00. The smallest absolute Gasteiger partial charge is 0.181 e. The summed E-state index contributed by atoms with van der Waals surface area (Å²) in [5.41, 5.74) is 0. The summed E-state index contributed by atoms with van der Waals surface area (Å²) in [5.74, 6) is 0. The molecule has 0 aliphatic rings. The molecular formula is C3BF9. The molecule has 0 heterocycles. The van der Waals surface area contributed by atoms with E-state index >= 15 is 0 Å². The Balaban J connectivity index is 5.02. The molecule has 0 saturated heterocycles. The van der Waals surface area contributed by atoms with Crippen molar-refractivity contribution in [3.05, 3.63) is 0 Å². The topological polar surface area (TPSA) is 0 Å². The number of halogens is 9. The largest absolute Gasteiger partial charge is 0.521 e. The predicted molar refractivity (Wildman–Crippen MR) is 23.9 cm³/mol. The maximum atomic E-state index is 11.3. The number of hydrogen-bond donors (Lipinski definition) is 0. The highest BCUT2D eigenvalue weighted by Gasteiger charge is 2.75. The Kier molecular flexibility index (Phi) is 2.85. The quantitative estimate of drug-likeness (QED) is 0.433. The van der Waals surface area contributed by atoms with Gasteiger partial charge in [-0.25, -0.2) is 0 Å². The van der Waals surface area contributed by atoms with Crippen molar-refractivity contribution in [3.63, 3.8) is 0 Å². The lowest BCUT2D eigenvalue weighted by atomic mass is 9.47. The molecule has 0 bridgehead atoms. The third-order valence-electron chi connectivity index (χ3n) is 0.982. The molecule has 0 N–H and O–H groups in total. The Morgan fingerprint density at radius 3 is 0.615 bits per heavy atom. The van der Waals surface area contributed by atoms with Gasteiger partial charge in [-0.2, -0.15) is 39.5 Å². The van der Waals surface area contributed by atoms with Crippen LogP contribution in [0.1, 0.15) is 0 Å². The Bertz CT molecular complexity index is 137. The van der Waals surface area contributed by atoms with E-state index in [1.165, 1.54) is 0 Å². The zero-order valence-electron chi connectivity index (χ0n) is 5.48. The van der Waals surface area contributed by atoms with Gasteiger partial charge in [0.25, 0.3) is 0 Å². The van der Waals surface area contributed by atoms with Gasteiger partial charge in [-0.05, 0) is 0 Å². The first-order chi connectivity index (χ1) is 5.37. The van der Waals surface area contributed by atoms with Gasteiger partial charge >= 0.3 is 24.9 Å². The molecule has 0 aromatic carbocycles. The zero-order chi connectivity index (χ0) is 11.1. The van der Waals surface area contributed by atoms with Crippen molar-refractivity contribution >= 4 is 6.71 Å². The van der Waals surface area contributed by atoms with E-state index in [2.05, 4.69) is 0 Å². The lowest BCUT2D eigenvalue weighted by Gasteiger charge is -2.21. The molecule has 0 amide bonds. The minimum atomic E-state index is -6.36. The molecule has 0 aliphatic heterocycles. The second kappa shape index (κ2) is 2.98. The minimum absolute atomic E-state index is 5.27. The molecule has 78 valence electrons. The standard InChI is InChI=1S/C3BF9/c5-1(6,7)4(2(8,9)10)3(11,12)13. The fourth-order valence-electron chi connectivity index (χ4n) is 0.557. The van der Waals surface area contributed by atoms with Crippen LogP contribution < -0.4 is 0 Å². The van der Waals surface area contributed by atoms with Crippen LogP contribution in [-0.4, -0.2) is 24.9 Å². The third kappa shape index (κ3) is 3.35. The van der Waals surface area contributed by atoms with Gasteiger partial charge in [0.2, 0.25) is 0 Å². The van der Waals surface area contributed by atoms with Crippen LogP contribution in [0.3, 0.4) is 0 Å². The Labute approximate surface area is 65.8 Å². The summed E-state index contributed by atoms with van der Waals surface area (Å²) in [5, 5.41) is 0. The van der Waals surface area contributed by atoms with E-state index in [4.69, 9.17) is 0 Å². The molecule has 0 radical (unpaired) electrons. The maximum Gasteiger partial charge on any atom is 0.521 e. The molecule has 13 heavy (non-hydrogen) atoms. The van der Waals surface area contributed by atoms with Crippen LogP contribution in [0, 0.1) is 0 Å². The monoisotopic (exact) mass is 218 g/mol. The van der Waals surface area contributed by atoms with Gasteiger partial charge in [-0.1, -0.05) is 0 Å². The second-order valence-electron chi connectivity index (χ2n) is 2.06. The molecule has 0 aliphatic carbocycles. The molecule has 0 atom stereocenters. The summed E-state index contributed by atoms with van der Waals surface area (Å²) >= 11 is 0. The van der Waals surface area contributed by atoms with E-state index in [9.17, 15) is 39.5 Å². The molecular weight excluding hydrogens is 218 g/mol. The van der Waals surface area contributed by atoms with Crippen molar-refractivity contribution in [2.45, 2.75) is 18.2 Å². The number of hydrogen-bond acceptors (Lipinski definition) is 0. The van der Waals surface area contributed by atoms with Crippen molar-refractivity contribution < 1.29 is 39.5 Å². The van der Waals surface area contributed by atoms with E-state index in [0.717, 1.165) is 0 Å². The summed E-state index contributed by atoms with van der Waals surface area (Å²) < 4.78 is 101. The summed E-state index contributed by atoms with van der Waals surface area (Å²) in [4.78, 5) is 0. The van der Waals surface area contributed by atoms with Gasteiger partial charge in [0.15, 0.2) is 0 Å². The van der Waals surface area contributed by atoms with Crippen LogP contribution in [-0.2, 0) is 0 Å². The molecule has 0 unspecified atom stereocenters. The van der Waals surface area contributed by atoms with E-state index in [1.54, 1.807) is 0 Å². The van der Waals surface area contributed by atoms with Crippen LogP contribution in [0.15, 0.2) is 0 Å². The molecule has 10 heteroatoms. The summed E-state index contributed by atoms with van der Waals surface area (Å²) in [6.07, 6.45) is -19.1. The maximum absolute atomic E-state index is 11.3. The Hall–Kier alpha value is -0.565. The Morgan fingerprint density at radius 1 is 0.462 bits per heavy atom. The van der Waals surface area contributed by atoms with Gasteiger partial charge in [0, 0.05) is 0 Å². The lowest BCUT2D eigenvalue weighted by molar-refractivity contribution is -0.151. The van der Waals surface area contributed by atoms with Gasteiger partial charge in [-0.3, -0.25) is 0 Å². The van der Waals surface area contributed by atoms with Crippen molar-refractivity contribution in [1.29, 1.82) is 0 Å².